The van der Waals surface area contributed by atoms with Crippen molar-refractivity contribution in [2.45, 2.75) is 44.6 Å². The molecular formula is C19H22N2O3. The molecule has 1 aliphatic carbocycles. The summed E-state index contributed by atoms with van der Waals surface area (Å²) in [4.78, 5) is 15.0. The van der Waals surface area contributed by atoms with Crippen molar-refractivity contribution in [3.8, 4) is 5.75 Å². The molecule has 0 unspecified atom stereocenters. The highest BCUT2D eigenvalue weighted by molar-refractivity contribution is 5.94. The van der Waals surface area contributed by atoms with Crippen molar-refractivity contribution in [2.24, 2.45) is 0 Å². The second kappa shape index (κ2) is 6.30. The van der Waals surface area contributed by atoms with E-state index in [1.165, 1.54) is 0 Å². The molecule has 24 heavy (non-hydrogen) atoms. The molecule has 0 N–H and O–H groups in total. The number of nitrogens with zero attached hydrogens (tertiary/aromatic N) is 2. The van der Waals surface area contributed by atoms with Crippen LogP contribution in [0.2, 0.25) is 0 Å². The van der Waals surface area contributed by atoms with E-state index in [0.717, 1.165) is 67.7 Å². The van der Waals surface area contributed by atoms with Crippen LogP contribution in [0.15, 0.2) is 28.8 Å². The molecule has 1 amide bonds. The van der Waals surface area contributed by atoms with Crippen molar-refractivity contribution in [1.82, 2.24) is 10.1 Å². The predicted octanol–water partition coefficient (Wildman–Crippen LogP) is 3.54. The molecule has 2 aliphatic rings. The van der Waals surface area contributed by atoms with E-state index in [4.69, 9.17) is 9.26 Å². The molecular weight excluding hydrogens is 304 g/mol. The lowest BCUT2D eigenvalue weighted by Crippen LogP contribution is -2.31. The summed E-state index contributed by atoms with van der Waals surface area (Å²) in [5, 5.41) is 4.11. The standard InChI is InChI=1S/C19H22N2O3/c1-23-14-7-4-6-13(12-14)16-9-5-11-21(16)19(22)18-15-8-2-3-10-17(15)24-20-18/h4,6-7,12,16H,2-3,5,8-11H2,1H3/t16-/m0/s1. The summed E-state index contributed by atoms with van der Waals surface area (Å²) in [5.74, 6) is 1.74. The Morgan fingerprint density at radius 2 is 2.17 bits per heavy atom. The van der Waals surface area contributed by atoms with Crippen LogP contribution in [0.1, 0.15) is 59.1 Å². The summed E-state index contributed by atoms with van der Waals surface area (Å²) < 4.78 is 10.8. The first-order valence-electron chi connectivity index (χ1n) is 8.70. The quantitative estimate of drug-likeness (QED) is 0.866. The fraction of sp³-hybridized carbons (Fsp3) is 0.474. The molecule has 1 saturated heterocycles. The molecule has 2 aromatic rings. The van der Waals surface area contributed by atoms with Crippen molar-refractivity contribution in [2.75, 3.05) is 13.7 Å². The molecule has 2 heterocycles. The predicted molar refractivity (Wildman–Crippen MR) is 89.2 cm³/mol. The first kappa shape index (κ1) is 15.2. The maximum Gasteiger partial charge on any atom is 0.276 e. The lowest BCUT2D eigenvalue weighted by Gasteiger charge is -2.25. The zero-order chi connectivity index (χ0) is 16.5. The average molecular weight is 326 g/mol. The number of methoxy groups -OCH3 is 1. The third-order valence-corrected chi connectivity index (χ3v) is 5.14. The number of hydrogen-bond acceptors (Lipinski definition) is 4. The van der Waals surface area contributed by atoms with Gasteiger partial charge in [-0.1, -0.05) is 17.3 Å². The number of aryl methyl sites for hydroxylation is 1. The highest BCUT2D eigenvalue weighted by atomic mass is 16.5. The summed E-state index contributed by atoms with van der Waals surface area (Å²) >= 11 is 0. The van der Waals surface area contributed by atoms with E-state index in [2.05, 4.69) is 11.2 Å². The minimum Gasteiger partial charge on any atom is -0.497 e. The molecule has 1 atom stereocenters. The van der Waals surface area contributed by atoms with Gasteiger partial charge in [-0.05, 0) is 49.8 Å². The van der Waals surface area contributed by atoms with Gasteiger partial charge in [-0.25, -0.2) is 0 Å². The lowest BCUT2D eigenvalue weighted by atomic mass is 9.96. The molecule has 5 heteroatoms. The number of ether oxygens (including phenoxy) is 1. The molecule has 0 saturated carbocycles. The molecule has 1 aromatic carbocycles. The van der Waals surface area contributed by atoms with Crippen LogP contribution < -0.4 is 4.74 Å². The topological polar surface area (TPSA) is 55.6 Å². The summed E-state index contributed by atoms with van der Waals surface area (Å²) in [5.41, 5.74) is 2.68. The molecule has 1 aliphatic heterocycles. The van der Waals surface area contributed by atoms with Crippen molar-refractivity contribution >= 4 is 5.91 Å². The van der Waals surface area contributed by atoms with E-state index in [-0.39, 0.29) is 11.9 Å². The van der Waals surface area contributed by atoms with Gasteiger partial charge in [0.15, 0.2) is 5.69 Å². The Labute approximate surface area is 141 Å². The first-order valence-corrected chi connectivity index (χ1v) is 8.70. The zero-order valence-corrected chi connectivity index (χ0v) is 14.0. The van der Waals surface area contributed by atoms with Crippen LogP contribution >= 0.6 is 0 Å². The lowest BCUT2D eigenvalue weighted by molar-refractivity contribution is 0.0724. The fourth-order valence-corrected chi connectivity index (χ4v) is 3.89. The van der Waals surface area contributed by atoms with E-state index in [1.807, 2.05) is 23.1 Å². The van der Waals surface area contributed by atoms with Crippen LogP contribution in [0.4, 0.5) is 0 Å². The van der Waals surface area contributed by atoms with E-state index >= 15 is 0 Å². The minimum atomic E-state index is 0.00669. The number of amides is 1. The van der Waals surface area contributed by atoms with Gasteiger partial charge in [0.05, 0.1) is 13.2 Å². The van der Waals surface area contributed by atoms with Gasteiger partial charge in [0.2, 0.25) is 0 Å². The Kier molecular flexibility index (Phi) is 4.00. The van der Waals surface area contributed by atoms with Gasteiger partial charge in [-0.3, -0.25) is 4.79 Å². The monoisotopic (exact) mass is 326 g/mol. The van der Waals surface area contributed by atoms with Gasteiger partial charge in [0, 0.05) is 18.5 Å². The van der Waals surface area contributed by atoms with Crippen LogP contribution in [0.3, 0.4) is 0 Å². The molecule has 0 spiro atoms. The number of benzene rings is 1. The normalized spacial score (nSPS) is 20.0. The van der Waals surface area contributed by atoms with E-state index in [1.54, 1.807) is 7.11 Å². The van der Waals surface area contributed by atoms with Crippen LogP contribution in [-0.2, 0) is 12.8 Å². The Bertz CT molecular complexity index is 753. The number of aromatic nitrogens is 1. The average Bonchev–Trinajstić information content (AvgIpc) is 3.28. The number of carbonyl (C=O) groups is 1. The summed E-state index contributed by atoms with van der Waals surface area (Å²) in [7, 11) is 1.67. The van der Waals surface area contributed by atoms with Crippen molar-refractivity contribution < 1.29 is 14.1 Å². The smallest absolute Gasteiger partial charge is 0.276 e. The van der Waals surface area contributed by atoms with Crippen molar-refractivity contribution in [1.29, 1.82) is 0 Å². The van der Waals surface area contributed by atoms with E-state index < -0.39 is 0 Å². The Morgan fingerprint density at radius 3 is 3.04 bits per heavy atom. The van der Waals surface area contributed by atoms with E-state index in [9.17, 15) is 4.79 Å². The van der Waals surface area contributed by atoms with Gasteiger partial charge in [0.1, 0.15) is 11.5 Å². The molecule has 1 aromatic heterocycles. The number of likely N-dealkylation sites (tertiary alicyclic amines) is 1. The largest absolute Gasteiger partial charge is 0.497 e. The highest BCUT2D eigenvalue weighted by Gasteiger charge is 2.34. The second-order valence-electron chi connectivity index (χ2n) is 6.57. The number of rotatable bonds is 3. The fourth-order valence-electron chi connectivity index (χ4n) is 3.89. The van der Waals surface area contributed by atoms with Gasteiger partial charge in [-0.15, -0.1) is 0 Å². The van der Waals surface area contributed by atoms with Gasteiger partial charge in [-0.2, -0.15) is 0 Å². The van der Waals surface area contributed by atoms with Crippen LogP contribution in [0, 0.1) is 0 Å². The molecule has 5 nitrogen and oxygen atoms in total. The summed E-state index contributed by atoms with van der Waals surface area (Å²) in [6.07, 6.45) is 6.00. The van der Waals surface area contributed by atoms with Crippen molar-refractivity contribution in [3.63, 3.8) is 0 Å². The Morgan fingerprint density at radius 1 is 1.29 bits per heavy atom. The SMILES string of the molecule is COc1cccc([C@@H]2CCCN2C(=O)c2noc3c2CCCC3)c1. The van der Waals surface area contributed by atoms with E-state index in [0.29, 0.717) is 5.69 Å². The Hall–Kier alpha value is -2.30. The zero-order valence-electron chi connectivity index (χ0n) is 14.0. The van der Waals surface area contributed by atoms with Gasteiger partial charge >= 0.3 is 0 Å². The first-order chi connectivity index (χ1) is 11.8. The molecule has 4 rings (SSSR count). The van der Waals surface area contributed by atoms with Crippen LogP contribution in [-0.4, -0.2) is 29.6 Å². The third kappa shape index (κ3) is 2.58. The Balaban J connectivity index is 1.62. The maximum absolute atomic E-state index is 13.1. The summed E-state index contributed by atoms with van der Waals surface area (Å²) in [6, 6.07) is 8.08. The summed E-state index contributed by atoms with van der Waals surface area (Å²) in [6.45, 7) is 0.766. The number of carbonyl (C=O) groups excluding carboxylic acids is 1. The molecule has 0 bridgehead atoms. The van der Waals surface area contributed by atoms with Gasteiger partial charge in [0.25, 0.3) is 5.91 Å². The number of hydrogen-bond donors (Lipinski definition) is 0. The maximum atomic E-state index is 13.1. The van der Waals surface area contributed by atoms with Crippen LogP contribution in [0.25, 0.3) is 0 Å². The van der Waals surface area contributed by atoms with Crippen molar-refractivity contribution in [3.05, 3.63) is 46.8 Å². The second-order valence-corrected chi connectivity index (χ2v) is 6.57. The third-order valence-electron chi connectivity index (χ3n) is 5.14. The molecule has 0 radical (unpaired) electrons. The van der Waals surface area contributed by atoms with Gasteiger partial charge < -0.3 is 14.2 Å². The minimum absolute atomic E-state index is 0.00669. The highest BCUT2D eigenvalue weighted by Crippen LogP contribution is 2.35. The number of fused-ring (bicyclic) bond motifs is 1. The molecule has 1 fully saturated rings. The van der Waals surface area contributed by atoms with Crippen LogP contribution in [0.5, 0.6) is 5.75 Å². The molecule has 126 valence electrons.